The summed E-state index contributed by atoms with van der Waals surface area (Å²) in [5.41, 5.74) is 0.821. The van der Waals surface area contributed by atoms with Crippen LogP contribution < -0.4 is 0 Å². The fraction of sp³-hybridized carbons (Fsp3) is 0.412. The van der Waals surface area contributed by atoms with Gasteiger partial charge in [-0.1, -0.05) is 19.1 Å². The monoisotopic (exact) mass is 357 g/mol. The molecule has 1 atom stereocenters. The molecule has 1 unspecified atom stereocenters. The van der Waals surface area contributed by atoms with Gasteiger partial charge in [-0.2, -0.15) is 13.2 Å². The molecule has 0 aliphatic carbocycles. The van der Waals surface area contributed by atoms with Crippen LogP contribution in [0.4, 0.5) is 17.6 Å². The maximum absolute atomic E-state index is 12.9. The Kier molecular flexibility index (Phi) is 5.81. The van der Waals surface area contributed by atoms with Crippen LogP contribution in [0, 0.1) is 5.82 Å². The zero-order valence-corrected chi connectivity index (χ0v) is 13.9. The Morgan fingerprint density at radius 3 is 2.52 bits per heavy atom. The minimum Gasteiger partial charge on any atom is -0.338 e. The molecule has 2 aromatic rings. The Hall–Kier alpha value is -2.38. The quantitative estimate of drug-likeness (QED) is 0.739. The summed E-state index contributed by atoms with van der Waals surface area (Å²) in [6, 6.07) is 5.88. The van der Waals surface area contributed by atoms with Crippen LogP contribution in [0.25, 0.3) is 0 Å². The third-order valence-electron chi connectivity index (χ3n) is 3.88. The third-order valence-corrected chi connectivity index (χ3v) is 3.88. The molecule has 1 aromatic carbocycles. The number of aromatic nitrogens is 2. The molecule has 1 aromatic heterocycles. The van der Waals surface area contributed by atoms with Crippen molar-refractivity contribution in [2.45, 2.75) is 38.5 Å². The minimum absolute atomic E-state index is 0.0158. The Labute approximate surface area is 143 Å². The molecule has 0 saturated carbocycles. The summed E-state index contributed by atoms with van der Waals surface area (Å²) in [6.07, 6.45) is -1.67. The number of hydrogen-bond donors (Lipinski definition) is 0. The van der Waals surface area contributed by atoms with Crippen molar-refractivity contribution >= 4 is 5.91 Å². The Balaban J connectivity index is 1.96. The minimum atomic E-state index is -4.35. The van der Waals surface area contributed by atoms with Gasteiger partial charge in [-0.3, -0.25) is 4.79 Å². The van der Waals surface area contributed by atoms with Gasteiger partial charge in [0.15, 0.2) is 0 Å². The summed E-state index contributed by atoms with van der Waals surface area (Å²) < 4.78 is 51.5. The number of imidazole rings is 1. The van der Waals surface area contributed by atoms with Gasteiger partial charge in [0.2, 0.25) is 5.91 Å². The van der Waals surface area contributed by atoms with Gasteiger partial charge in [0, 0.05) is 25.9 Å². The van der Waals surface area contributed by atoms with E-state index in [1.54, 1.807) is 12.1 Å². The highest BCUT2D eigenvalue weighted by molar-refractivity contribution is 5.76. The van der Waals surface area contributed by atoms with Crippen molar-refractivity contribution in [3.63, 3.8) is 0 Å². The first kappa shape index (κ1) is 19.0. The summed E-state index contributed by atoms with van der Waals surface area (Å²) in [5.74, 6) is -0.539. The molecule has 25 heavy (non-hydrogen) atoms. The summed E-state index contributed by atoms with van der Waals surface area (Å²) in [6.45, 7) is 0.679. The van der Waals surface area contributed by atoms with Crippen LogP contribution >= 0.6 is 0 Å². The summed E-state index contributed by atoms with van der Waals surface area (Å²) in [4.78, 5) is 17.5. The lowest BCUT2D eigenvalue weighted by atomic mass is 9.97. The van der Waals surface area contributed by atoms with Crippen LogP contribution in [0.5, 0.6) is 0 Å². The Morgan fingerprint density at radius 1 is 1.28 bits per heavy atom. The first-order valence-corrected chi connectivity index (χ1v) is 7.72. The molecule has 0 spiro atoms. The van der Waals surface area contributed by atoms with Crippen molar-refractivity contribution in [3.8, 4) is 0 Å². The van der Waals surface area contributed by atoms with Gasteiger partial charge in [0.25, 0.3) is 0 Å². The predicted octanol–water partition coefficient (Wildman–Crippen LogP) is 3.74. The number of carbonyl (C=O) groups excluding carboxylic acids is 1. The molecule has 8 heteroatoms. The highest BCUT2D eigenvalue weighted by atomic mass is 19.4. The molecule has 0 saturated heterocycles. The Morgan fingerprint density at radius 2 is 1.92 bits per heavy atom. The van der Waals surface area contributed by atoms with Gasteiger partial charge in [-0.15, -0.1) is 0 Å². The van der Waals surface area contributed by atoms with E-state index in [0.29, 0.717) is 0 Å². The number of halogens is 4. The van der Waals surface area contributed by atoms with Crippen LogP contribution in [-0.4, -0.2) is 33.6 Å². The van der Waals surface area contributed by atoms with E-state index in [1.165, 1.54) is 36.5 Å². The summed E-state index contributed by atoms with van der Waals surface area (Å²) >= 11 is 0. The highest BCUT2D eigenvalue weighted by Gasteiger charge is 2.29. The summed E-state index contributed by atoms with van der Waals surface area (Å²) in [5, 5.41) is 0. The van der Waals surface area contributed by atoms with Gasteiger partial charge in [-0.25, -0.2) is 9.37 Å². The average molecular weight is 357 g/mol. The SMILES string of the molecule is CC(CC(=O)N(C)Cc1nccn1CC(F)(F)F)c1ccc(F)cc1. The molecule has 0 fully saturated rings. The Bertz CT molecular complexity index is 709. The standard InChI is InChI=1S/C17H19F4N3O/c1-12(13-3-5-14(18)6-4-13)9-16(25)23(2)10-15-22-7-8-24(15)11-17(19,20)21/h3-8,12H,9-11H2,1-2H3. The van der Waals surface area contributed by atoms with Crippen molar-refractivity contribution in [2.24, 2.45) is 0 Å². The predicted molar refractivity (Wildman–Crippen MR) is 84.2 cm³/mol. The number of benzene rings is 1. The molecular formula is C17H19F4N3O. The highest BCUT2D eigenvalue weighted by Crippen LogP contribution is 2.21. The molecule has 2 rings (SSSR count). The van der Waals surface area contributed by atoms with E-state index in [0.717, 1.165) is 10.1 Å². The second kappa shape index (κ2) is 7.67. The molecule has 0 aliphatic rings. The average Bonchev–Trinajstić information content (AvgIpc) is 2.92. The second-order valence-electron chi connectivity index (χ2n) is 5.99. The molecule has 0 bridgehead atoms. The summed E-state index contributed by atoms with van der Waals surface area (Å²) in [7, 11) is 1.52. The lowest BCUT2D eigenvalue weighted by molar-refractivity contribution is -0.141. The van der Waals surface area contributed by atoms with Crippen molar-refractivity contribution < 1.29 is 22.4 Å². The zero-order chi connectivity index (χ0) is 18.6. The number of hydrogen-bond acceptors (Lipinski definition) is 2. The van der Waals surface area contributed by atoms with E-state index < -0.39 is 12.7 Å². The molecule has 4 nitrogen and oxygen atoms in total. The lowest BCUT2D eigenvalue weighted by Crippen LogP contribution is -2.29. The van der Waals surface area contributed by atoms with E-state index in [9.17, 15) is 22.4 Å². The largest absolute Gasteiger partial charge is 0.406 e. The van der Waals surface area contributed by atoms with Crippen molar-refractivity contribution in [1.82, 2.24) is 14.5 Å². The molecular weight excluding hydrogens is 338 g/mol. The van der Waals surface area contributed by atoms with Crippen LogP contribution in [0.1, 0.15) is 30.7 Å². The number of alkyl halides is 3. The maximum atomic E-state index is 12.9. The fourth-order valence-corrected chi connectivity index (χ4v) is 2.46. The normalized spacial score (nSPS) is 12.9. The maximum Gasteiger partial charge on any atom is 0.406 e. The molecule has 0 N–H and O–H groups in total. The van der Waals surface area contributed by atoms with E-state index >= 15 is 0 Å². The molecule has 0 radical (unpaired) electrons. The first-order valence-electron chi connectivity index (χ1n) is 7.72. The zero-order valence-electron chi connectivity index (χ0n) is 13.9. The number of rotatable bonds is 6. The first-order chi connectivity index (χ1) is 11.7. The molecule has 1 heterocycles. The third kappa shape index (κ3) is 5.58. The van der Waals surface area contributed by atoms with Crippen molar-refractivity contribution in [3.05, 3.63) is 53.9 Å². The van der Waals surface area contributed by atoms with Crippen LogP contribution in [0.3, 0.4) is 0 Å². The van der Waals surface area contributed by atoms with Gasteiger partial charge in [-0.05, 0) is 23.6 Å². The van der Waals surface area contributed by atoms with Gasteiger partial charge < -0.3 is 9.47 Å². The van der Waals surface area contributed by atoms with Crippen molar-refractivity contribution in [1.29, 1.82) is 0 Å². The molecule has 136 valence electrons. The lowest BCUT2D eigenvalue weighted by Gasteiger charge is -2.20. The van der Waals surface area contributed by atoms with Gasteiger partial charge in [0.05, 0.1) is 6.54 Å². The smallest absolute Gasteiger partial charge is 0.338 e. The van der Waals surface area contributed by atoms with Crippen LogP contribution in [-0.2, 0) is 17.9 Å². The van der Waals surface area contributed by atoms with E-state index in [4.69, 9.17) is 0 Å². The van der Waals surface area contributed by atoms with E-state index in [2.05, 4.69) is 4.98 Å². The molecule has 1 amide bonds. The van der Waals surface area contributed by atoms with Crippen molar-refractivity contribution in [2.75, 3.05) is 7.05 Å². The van der Waals surface area contributed by atoms with E-state index in [1.807, 2.05) is 6.92 Å². The number of amides is 1. The topological polar surface area (TPSA) is 38.1 Å². The fourth-order valence-electron chi connectivity index (χ4n) is 2.46. The van der Waals surface area contributed by atoms with E-state index in [-0.39, 0.29) is 36.4 Å². The van der Waals surface area contributed by atoms with Crippen LogP contribution in [0.2, 0.25) is 0 Å². The molecule has 0 aliphatic heterocycles. The van der Waals surface area contributed by atoms with Crippen LogP contribution in [0.15, 0.2) is 36.7 Å². The van der Waals surface area contributed by atoms with Gasteiger partial charge >= 0.3 is 6.18 Å². The van der Waals surface area contributed by atoms with Gasteiger partial charge in [0.1, 0.15) is 18.2 Å². The second-order valence-corrected chi connectivity index (χ2v) is 5.99. The number of nitrogens with zero attached hydrogens (tertiary/aromatic N) is 3. The number of carbonyl (C=O) groups is 1.